The fourth-order valence-corrected chi connectivity index (χ4v) is 4.85. The predicted molar refractivity (Wildman–Crippen MR) is 114 cm³/mol. The molecule has 5 nitrogen and oxygen atoms in total. The Morgan fingerprint density at radius 1 is 0.844 bits per heavy atom. The zero-order valence-electron chi connectivity index (χ0n) is 17.0. The van der Waals surface area contributed by atoms with Crippen LogP contribution in [0.3, 0.4) is 0 Å². The van der Waals surface area contributed by atoms with Crippen molar-refractivity contribution in [3.63, 3.8) is 0 Å². The highest BCUT2D eigenvalue weighted by molar-refractivity contribution is 6.07. The molecule has 32 heavy (non-hydrogen) atoms. The van der Waals surface area contributed by atoms with Gasteiger partial charge in [-0.2, -0.15) is 0 Å². The lowest BCUT2D eigenvalue weighted by Gasteiger charge is -2.58. The van der Waals surface area contributed by atoms with Crippen LogP contribution in [0.1, 0.15) is 32.2 Å². The third kappa shape index (κ3) is 3.17. The number of hydrogen-bond acceptors (Lipinski definition) is 3. The molecule has 2 amide bonds. The summed E-state index contributed by atoms with van der Waals surface area (Å²) in [5.74, 6) is -1.61. The van der Waals surface area contributed by atoms with E-state index < -0.39 is 17.7 Å². The molecule has 0 bridgehead atoms. The number of hydrogen-bond donors (Lipinski definition) is 1. The van der Waals surface area contributed by atoms with Gasteiger partial charge in [0.1, 0.15) is 11.6 Å². The van der Waals surface area contributed by atoms with Gasteiger partial charge < -0.3 is 14.9 Å². The van der Waals surface area contributed by atoms with Crippen LogP contribution < -0.4 is 4.90 Å². The fourth-order valence-electron chi connectivity index (χ4n) is 4.85. The number of anilines is 1. The standard InChI is InChI=1S/C25H20F2N2O3/c26-17-9-5-15(6-10-17)24(31)28-13-21-23(19-3-1-2-4-20(19)28)22(14-30)29(21)25(32)16-7-11-18(27)12-8-16/h1-12,21-23,30H,13-14H2/t21-,22+,23+/m1/s1. The van der Waals surface area contributed by atoms with Gasteiger partial charge in [0.05, 0.1) is 18.7 Å². The Labute approximate surface area is 183 Å². The summed E-state index contributed by atoms with van der Waals surface area (Å²) in [6, 6.07) is 17.3. The van der Waals surface area contributed by atoms with E-state index in [0.717, 1.165) is 11.3 Å². The molecule has 0 spiro atoms. The van der Waals surface area contributed by atoms with E-state index in [1.54, 1.807) is 9.80 Å². The first-order chi connectivity index (χ1) is 15.5. The number of para-hydroxylation sites is 1. The van der Waals surface area contributed by atoms with Gasteiger partial charge in [0.25, 0.3) is 11.8 Å². The molecule has 1 fully saturated rings. The predicted octanol–water partition coefficient (Wildman–Crippen LogP) is 3.59. The molecule has 3 aromatic rings. The van der Waals surface area contributed by atoms with Crippen LogP contribution in [0.2, 0.25) is 0 Å². The quantitative estimate of drug-likeness (QED) is 0.685. The van der Waals surface area contributed by atoms with E-state index in [2.05, 4.69) is 0 Å². The molecule has 162 valence electrons. The number of aliphatic hydroxyl groups is 1. The average Bonchev–Trinajstić information content (AvgIpc) is 2.80. The maximum atomic E-state index is 13.3. The number of nitrogens with zero attached hydrogens (tertiary/aromatic N) is 2. The smallest absolute Gasteiger partial charge is 0.258 e. The molecule has 0 radical (unpaired) electrons. The molecular weight excluding hydrogens is 414 g/mol. The number of halogens is 2. The molecular formula is C25H20F2N2O3. The number of fused-ring (bicyclic) bond motifs is 3. The minimum Gasteiger partial charge on any atom is -0.394 e. The normalized spacial score (nSPS) is 21.4. The van der Waals surface area contributed by atoms with Crippen molar-refractivity contribution in [1.29, 1.82) is 0 Å². The zero-order valence-corrected chi connectivity index (χ0v) is 17.0. The van der Waals surface area contributed by atoms with E-state index in [9.17, 15) is 23.5 Å². The van der Waals surface area contributed by atoms with Crippen molar-refractivity contribution in [2.45, 2.75) is 18.0 Å². The first-order valence-electron chi connectivity index (χ1n) is 10.3. The summed E-state index contributed by atoms with van der Waals surface area (Å²) >= 11 is 0. The molecule has 0 aliphatic carbocycles. The number of aliphatic hydroxyl groups excluding tert-OH is 1. The van der Waals surface area contributed by atoms with E-state index in [4.69, 9.17) is 0 Å². The zero-order chi connectivity index (χ0) is 22.4. The van der Waals surface area contributed by atoms with Gasteiger partial charge in [-0.3, -0.25) is 9.59 Å². The topological polar surface area (TPSA) is 60.9 Å². The van der Waals surface area contributed by atoms with E-state index in [-0.39, 0.29) is 36.9 Å². The van der Waals surface area contributed by atoms with Gasteiger partial charge in [-0.05, 0) is 60.2 Å². The van der Waals surface area contributed by atoms with Gasteiger partial charge in [-0.15, -0.1) is 0 Å². The van der Waals surface area contributed by atoms with Crippen molar-refractivity contribution < 1.29 is 23.5 Å². The molecule has 2 heterocycles. The van der Waals surface area contributed by atoms with Crippen LogP contribution in [0, 0.1) is 11.6 Å². The van der Waals surface area contributed by atoms with Crippen LogP contribution in [0.15, 0.2) is 72.8 Å². The molecule has 5 rings (SSSR count). The summed E-state index contributed by atoms with van der Waals surface area (Å²) in [7, 11) is 0. The van der Waals surface area contributed by atoms with Gasteiger partial charge in [0, 0.05) is 29.3 Å². The Bertz CT molecular complexity index is 1180. The summed E-state index contributed by atoms with van der Waals surface area (Å²) in [6.07, 6.45) is 0. The van der Waals surface area contributed by atoms with Crippen molar-refractivity contribution in [1.82, 2.24) is 4.90 Å². The van der Waals surface area contributed by atoms with Crippen molar-refractivity contribution in [3.05, 3.63) is 101 Å². The van der Waals surface area contributed by atoms with Crippen LogP contribution in [-0.2, 0) is 0 Å². The van der Waals surface area contributed by atoms with Crippen molar-refractivity contribution in [3.8, 4) is 0 Å². The number of likely N-dealkylation sites (tertiary alicyclic amines) is 1. The minimum atomic E-state index is -0.443. The molecule has 0 aromatic heterocycles. The third-order valence-corrected chi connectivity index (χ3v) is 6.35. The molecule has 1 saturated heterocycles. The van der Waals surface area contributed by atoms with Gasteiger partial charge >= 0.3 is 0 Å². The van der Waals surface area contributed by atoms with Gasteiger partial charge in [-0.1, -0.05) is 18.2 Å². The molecule has 1 N–H and O–H groups in total. The van der Waals surface area contributed by atoms with Crippen LogP contribution >= 0.6 is 0 Å². The molecule has 3 atom stereocenters. The Balaban J connectivity index is 1.52. The van der Waals surface area contributed by atoms with Crippen LogP contribution in [-0.4, -0.2) is 47.1 Å². The van der Waals surface area contributed by atoms with Crippen molar-refractivity contribution in [2.24, 2.45) is 0 Å². The van der Waals surface area contributed by atoms with Crippen molar-refractivity contribution in [2.75, 3.05) is 18.1 Å². The lowest BCUT2D eigenvalue weighted by Crippen LogP contribution is -2.70. The van der Waals surface area contributed by atoms with Crippen molar-refractivity contribution >= 4 is 17.5 Å². The second kappa shape index (κ2) is 7.84. The summed E-state index contributed by atoms with van der Waals surface area (Å²) in [6.45, 7) is 0.00959. The first kappa shape index (κ1) is 20.3. The Morgan fingerprint density at radius 2 is 1.41 bits per heavy atom. The van der Waals surface area contributed by atoms with E-state index >= 15 is 0 Å². The maximum absolute atomic E-state index is 13.3. The third-order valence-electron chi connectivity index (χ3n) is 6.35. The average molecular weight is 434 g/mol. The number of benzene rings is 3. The van der Waals surface area contributed by atoms with Crippen LogP contribution in [0.4, 0.5) is 14.5 Å². The fraction of sp³-hybridized carbons (Fsp3) is 0.200. The molecule has 2 aliphatic rings. The highest BCUT2D eigenvalue weighted by Gasteiger charge is 2.55. The lowest BCUT2D eigenvalue weighted by atomic mass is 9.71. The Hall–Kier alpha value is -3.58. The number of carbonyl (C=O) groups is 2. The molecule has 2 aliphatic heterocycles. The maximum Gasteiger partial charge on any atom is 0.258 e. The number of amides is 2. The van der Waals surface area contributed by atoms with Gasteiger partial charge in [-0.25, -0.2) is 8.78 Å². The highest BCUT2D eigenvalue weighted by atomic mass is 19.1. The van der Waals surface area contributed by atoms with Crippen LogP contribution in [0.5, 0.6) is 0 Å². The summed E-state index contributed by atoms with van der Waals surface area (Å²) in [4.78, 5) is 29.7. The molecule has 0 unspecified atom stereocenters. The summed E-state index contributed by atoms with van der Waals surface area (Å²) in [5, 5.41) is 10.1. The molecule has 0 saturated carbocycles. The molecule has 7 heteroatoms. The van der Waals surface area contributed by atoms with E-state index in [1.165, 1.54) is 48.5 Å². The Kier molecular flexibility index (Phi) is 4.98. The minimum absolute atomic E-state index is 0.127. The van der Waals surface area contributed by atoms with Gasteiger partial charge in [0.15, 0.2) is 0 Å². The van der Waals surface area contributed by atoms with E-state index in [1.807, 2.05) is 24.3 Å². The monoisotopic (exact) mass is 434 g/mol. The number of carbonyl (C=O) groups excluding carboxylic acids is 2. The second-order valence-electron chi connectivity index (χ2n) is 8.04. The Morgan fingerprint density at radius 3 is 2.00 bits per heavy atom. The van der Waals surface area contributed by atoms with E-state index in [0.29, 0.717) is 11.1 Å². The summed E-state index contributed by atoms with van der Waals surface area (Å²) < 4.78 is 26.7. The first-order valence-corrected chi connectivity index (χ1v) is 10.3. The second-order valence-corrected chi connectivity index (χ2v) is 8.04. The highest BCUT2D eigenvalue weighted by Crippen LogP contribution is 2.48. The number of rotatable bonds is 3. The lowest BCUT2D eigenvalue weighted by molar-refractivity contribution is -0.0246. The summed E-state index contributed by atoms with van der Waals surface area (Å²) in [5.41, 5.74) is 2.25. The largest absolute Gasteiger partial charge is 0.394 e. The van der Waals surface area contributed by atoms with Gasteiger partial charge in [0.2, 0.25) is 0 Å². The SMILES string of the molecule is O=C(c1ccc(F)cc1)N1C[C@@H]2[C@H](c3ccccc31)[C@H](CO)N2C(=O)c1ccc(F)cc1. The molecule has 3 aromatic carbocycles. The van der Waals surface area contributed by atoms with Crippen LogP contribution in [0.25, 0.3) is 0 Å².